The van der Waals surface area contributed by atoms with Crippen molar-refractivity contribution in [1.82, 2.24) is 14.9 Å². The Balaban J connectivity index is 1.58. The van der Waals surface area contributed by atoms with Crippen LogP contribution in [0.5, 0.6) is 0 Å². The van der Waals surface area contributed by atoms with Crippen molar-refractivity contribution in [3.63, 3.8) is 0 Å². The number of anilines is 1. The molecule has 1 saturated heterocycles. The second kappa shape index (κ2) is 7.80. The van der Waals surface area contributed by atoms with Gasteiger partial charge in [0.1, 0.15) is 11.4 Å². The molecule has 2 fully saturated rings. The van der Waals surface area contributed by atoms with Crippen LogP contribution in [0.3, 0.4) is 0 Å². The first-order valence-corrected chi connectivity index (χ1v) is 9.86. The number of carbonyl (C=O) groups excluding carboxylic acids is 1. The maximum Gasteiger partial charge on any atom is 0.410 e. The number of hydrogen-bond acceptors (Lipinski definition) is 5. The molecule has 0 unspecified atom stereocenters. The van der Waals surface area contributed by atoms with Gasteiger partial charge in [0, 0.05) is 38.3 Å². The van der Waals surface area contributed by atoms with E-state index in [4.69, 9.17) is 9.72 Å². The Morgan fingerprint density at radius 1 is 1.08 bits per heavy atom. The van der Waals surface area contributed by atoms with Crippen LogP contribution in [0.2, 0.25) is 0 Å². The van der Waals surface area contributed by atoms with E-state index < -0.39 is 5.60 Å². The van der Waals surface area contributed by atoms with Gasteiger partial charge in [0.15, 0.2) is 0 Å². The summed E-state index contributed by atoms with van der Waals surface area (Å²) >= 11 is 0. The van der Waals surface area contributed by atoms with Crippen molar-refractivity contribution in [3.8, 4) is 0 Å². The van der Waals surface area contributed by atoms with Gasteiger partial charge in [-0.1, -0.05) is 19.8 Å². The van der Waals surface area contributed by atoms with E-state index in [0.717, 1.165) is 30.5 Å². The Morgan fingerprint density at radius 3 is 2.35 bits per heavy atom. The number of aromatic nitrogens is 2. The van der Waals surface area contributed by atoms with Crippen LogP contribution in [0.4, 0.5) is 10.6 Å². The van der Waals surface area contributed by atoms with Crippen LogP contribution in [-0.2, 0) is 4.74 Å². The van der Waals surface area contributed by atoms with Crippen molar-refractivity contribution in [2.75, 3.05) is 31.1 Å². The van der Waals surface area contributed by atoms with Crippen molar-refractivity contribution >= 4 is 11.9 Å². The van der Waals surface area contributed by atoms with Crippen LogP contribution >= 0.6 is 0 Å². The molecule has 1 aromatic heterocycles. The average Bonchev–Trinajstić information content (AvgIpc) is 2.61. The van der Waals surface area contributed by atoms with Crippen molar-refractivity contribution < 1.29 is 9.53 Å². The smallest absolute Gasteiger partial charge is 0.410 e. The summed E-state index contributed by atoms with van der Waals surface area (Å²) in [6.07, 6.45) is 8.54. The molecule has 2 aliphatic rings. The van der Waals surface area contributed by atoms with Crippen LogP contribution in [0.1, 0.15) is 65.0 Å². The van der Waals surface area contributed by atoms with E-state index in [1.54, 1.807) is 4.90 Å². The summed E-state index contributed by atoms with van der Waals surface area (Å²) in [5.41, 5.74) is 0.676. The molecule has 144 valence electrons. The topological polar surface area (TPSA) is 58.6 Å². The van der Waals surface area contributed by atoms with Crippen molar-refractivity contribution in [1.29, 1.82) is 0 Å². The highest BCUT2D eigenvalue weighted by Gasteiger charge is 2.27. The van der Waals surface area contributed by atoms with Gasteiger partial charge in [0.05, 0.1) is 11.9 Å². The molecule has 0 aromatic carbocycles. The Kier molecular flexibility index (Phi) is 5.68. The van der Waals surface area contributed by atoms with Gasteiger partial charge >= 0.3 is 6.09 Å². The van der Waals surface area contributed by atoms with Gasteiger partial charge in [0.2, 0.25) is 0 Å². The summed E-state index contributed by atoms with van der Waals surface area (Å²) in [6.45, 7) is 10.9. The highest BCUT2D eigenvalue weighted by molar-refractivity contribution is 5.68. The van der Waals surface area contributed by atoms with Crippen LogP contribution in [0.15, 0.2) is 12.4 Å². The molecule has 6 nitrogen and oxygen atoms in total. The highest BCUT2D eigenvalue weighted by Crippen LogP contribution is 2.34. The fraction of sp³-hybridized carbons (Fsp3) is 0.750. The summed E-state index contributed by atoms with van der Waals surface area (Å²) in [4.78, 5) is 25.6. The molecule has 1 aromatic rings. The Bertz CT molecular complexity index is 612. The molecule has 3 rings (SSSR count). The first kappa shape index (κ1) is 18.9. The minimum absolute atomic E-state index is 0.228. The van der Waals surface area contributed by atoms with Gasteiger partial charge in [0.25, 0.3) is 0 Å². The Morgan fingerprint density at radius 2 is 1.73 bits per heavy atom. The second-order valence-corrected chi connectivity index (χ2v) is 8.71. The number of rotatable bonds is 2. The molecule has 0 radical (unpaired) electrons. The van der Waals surface area contributed by atoms with Gasteiger partial charge in [-0.3, -0.25) is 4.98 Å². The third-order valence-electron chi connectivity index (χ3n) is 5.33. The average molecular weight is 361 g/mol. The Labute approximate surface area is 156 Å². The van der Waals surface area contributed by atoms with E-state index in [-0.39, 0.29) is 6.09 Å². The second-order valence-electron chi connectivity index (χ2n) is 8.71. The predicted molar refractivity (Wildman–Crippen MR) is 102 cm³/mol. The SMILES string of the molecule is CC1CCC(c2cncc(N3CCN(C(=O)OC(C)(C)C)CC3)n2)CC1. The quantitative estimate of drug-likeness (QED) is 0.802. The summed E-state index contributed by atoms with van der Waals surface area (Å²) in [5.74, 6) is 2.31. The number of amides is 1. The zero-order chi connectivity index (χ0) is 18.7. The van der Waals surface area contributed by atoms with E-state index in [1.807, 2.05) is 33.2 Å². The molecule has 6 heteroatoms. The standard InChI is InChI=1S/C20H32N4O2/c1-15-5-7-16(8-6-15)17-13-21-14-18(22-17)23-9-11-24(12-10-23)19(25)26-20(2,3)4/h13-16H,5-12H2,1-4H3. The first-order chi connectivity index (χ1) is 12.3. The van der Waals surface area contributed by atoms with E-state index >= 15 is 0 Å². The zero-order valence-electron chi connectivity index (χ0n) is 16.6. The molecule has 0 bridgehead atoms. The lowest BCUT2D eigenvalue weighted by molar-refractivity contribution is 0.0240. The monoisotopic (exact) mass is 360 g/mol. The largest absolute Gasteiger partial charge is 0.444 e. The molecular weight excluding hydrogens is 328 g/mol. The molecule has 0 N–H and O–H groups in total. The van der Waals surface area contributed by atoms with Gasteiger partial charge in [-0.25, -0.2) is 9.78 Å². The van der Waals surface area contributed by atoms with E-state index in [2.05, 4.69) is 16.8 Å². The highest BCUT2D eigenvalue weighted by atomic mass is 16.6. The van der Waals surface area contributed by atoms with Gasteiger partial charge < -0.3 is 14.5 Å². The van der Waals surface area contributed by atoms with E-state index in [1.165, 1.54) is 25.7 Å². The summed E-state index contributed by atoms with van der Waals surface area (Å²) in [7, 11) is 0. The lowest BCUT2D eigenvalue weighted by atomic mass is 9.81. The molecule has 2 heterocycles. The normalized spacial score (nSPS) is 24.5. The molecular formula is C20H32N4O2. The van der Waals surface area contributed by atoms with E-state index in [0.29, 0.717) is 19.0 Å². The molecule has 0 atom stereocenters. The van der Waals surface area contributed by atoms with Crippen LogP contribution < -0.4 is 4.90 Å². The van der Waals surface area contributed by atoms with E-state index in [9.17, 15) is 4.79 Å². The minimum Gasteiger partial charge on any atom is -0.444 e. The first-order valence-electron chi connectivity index (χ1n) is 9.86. The number of hydrogen-bond donors (Lipinski definition) is 0. The predicted octanol–water partition coefficient (Wildman–Crippen LogP) is 3.83. The van der Waals surface area contributed by atoms with Gasteiger partial charge in [-0.05, 0) is 39.5 Å². The molecule has 1 amide bonds. The summed E-state index contributed by atoms with van der Waals surface area (Å²) in [5, 5.41) is 0. The molecule has 0 spiro atoms. The fourth-order valence-corrected chi connectivity index (χ4v) is 3.72. The van der Waals surface area contributed by atoms with Crippen LogP contribution in [0, 0.1) is 5.92 Å². The molecule has 1 saturated carbocycles. The summed E-state index contributed by atoms with van der Waals surface area (Å²) < 4.78 is 5.47. The third kappa shape index (κ3) is 4.86. The fourth-order valence-electron chi connectivity index (χ4n) is 3.72. The van der Waals surface area contributed by atoms with Crippen molar-refractivity contribution in [2.24, 2.45) is 5.92 Å². The van der Waals surface area contributed by atoms with Gasteiger partial charge in [-0.2, -0.15) is 0 Å². The Hall–Kier alpha value is -1.85. The molecule has 26 heavy (non-hydrogen) atoms. The van der Waals surface area contributed by atoms with Crippen molar-refractivity contribution in [3.05, 3.63) is 18.1 Å². The third-order valence-corrected chi connectivity index (χ3v) is 5.33. The minimum atomic E-state index is -0.453. The molecule has 1 aliphatic carbocycles. The van der Waals surface area contributed by atoms with Crippen LogP contribution in [0.25, 0.3) is 0 Å². The summed E-state index contributed by atoms with van der Waals surface area (Å²) in [6, 6.07) is 0. The van der Waals surface area contributed by atoms with Gasteiger partial charge in [-0.15, -0.1) is 0 Å². The lowest BCUT2D eigenvalue weighted by Gasteiger charge is -2.36. The maximum atomic E-state index is 12.2. The molecule has 1 aliphatic heterocycles. The van der Waals surface area contributed by atoms with Crippen molar-refractivity contribution in [2.45, 2.75) is 64.9 Å². The maximum absolute atomic E-state index is 12.2. The number of piperazine rings is 1. The van der Waals surface area contributed by atoms with Crippen LogP contribution in [-0.4, -0.2) is 52.7 Å². The number of nitrogens with zero attached hydrogens (tertiary/aromatic N) is 4. The lowest BCUT2D eigenvalue weighted by Crippen LogP contribution is -2.50. The number of carbonyl (C=O) groups is 1. The zero-order valence-corrected chi connectivity index (χ0v) is 16.6. The number of ether oxygens (including phenoxy) is 1.